The summed E-state index contributed by atoms with van der Waals surface area (Å²) in [4.78, 5) is 0. The molecule has 0 bridgehead atoms. The fourth-order valence-electron chi connectivity index (χ4n) is 2.55. The van der Waals surface area contributed by atoms with Crippen LogP contribution < -0.4 is 0 Å². The molecule has 0 spiro atoms. The zero-order valence-electron chi connectivity index (χ0n) is 12.6. The molecule has 0 nitrogen and oxygen atoms in total. The van der Waals surface area contributed by atoms with E-state index in [1.807, 2.05) is 0 Å². The second-order valence-corrected chi connectivity index (χ2v) is 5.25. The van der Waals surface area contributed by atoms with Crippen molar-refractivity contribution >= 4 is 5.57 Å². The molecule has 0 radical (unpaired) electrons. The Kier molecular flexibility index (Phi) is 5.61. The molecule has 0 amide bonds. The zero-order valence-corrected chi connectivity index (χ0v) is 12.6. The lowest BCUT2D eigenvalue weighted by Gasteiger charge is -2.08. The molecule has 0 aliphatic rings. The van der Waals surface area contributed by atoms with Gasteiger partial charge in [0.2, 0.25) is 0 Å². The van der Waals surface area contributed by atoms with E-state index in [1.165, 1.54) is 35.1 Å². The summed E-state index contributed by atoms with van der Waals surface area (Å²) in [6.45, 7) is 4.45. The second kappa shape index (κ2) is 7.69. The molecule has 0 heterocycles. The molecule has 2 aromatic carbocycles. The van der Waals surface area contributed by atoms with Crippen LogP contribution in [0.25, 0.3) is 5.57 Å². The van der Waals surface area contributed by atoms with Gasteiger partial charge in [-0.2, -0.15) is 0 Å². The highest BCUT2D eigenvalue weighted by atomic mass is 14.1. The summed E-state index contributed by atoms with van der Waals surface area (Å²) in [5.74, 6) is 0. The lowest BCUT2D eigenvalue weighted by atomic mass is 9.97. The van der Waals surface area contributed by atoms with Crippen LogP contribution >= 0.6 is 0 Å². The van der Waals surface area contributed by atoms with Gasteiger partial charge in [0.1, 0.15) is 0 Å². The third kappa shape index (κ3) is 4.09. The number of allylic oxidation sites excluding steroid dienone is 2. The van der Waals surface area contributed by atoms with Gasteiger partial charge >= 0.3 is 0 Å². The summed E-state index contributed by atoms with van der Waals surface area (Å²) in [6.07, 6.45) is 6.86. The van der Waals surface area contributed by atoms with Crippen molar-refractivity contribution in [2.45, 2.75) is 39.5 Å². The highest BCUT2D eigenvalue weighted by Gasteiger charge is 2.01. The van der Waals surface area contributed by atoms with Gasteiger partial charge in [-0.05, 0) is 41.5 Å². The molecular formula is C20H24. The quantitative estimate of drug-likeness (QED) is 0.612. The van der Waals surface area contributed by atoms with Gasteiger partial charge in [0.15, 0.2) is 0 Å². The minimum absolute atomic E-state index is 1.02. The predicted molar refractivity (Wildman–Crippen MR) is 88.9 cm³/mol. The van der Waals surface area contributed by atoms with Crippen LogP contribution in [0, 0.1) is 0 Å². The Morgan fingerprint density at radius 3 is 2.10 bits per heavy atom. The summed E-state index contributed by atoms with van der Waals surface area (Å²) >= 11 is 0. The number of hydrogen-bond donors (Lipinski definition) is 0. The Balaban J connectivity index is 2.11. The van der Waals surface area contributed by atoms with Crippen molar-refractivity contribution in [1.29, 1.82) is 0 Å². The van der Waals surface area contributed by atoms with E-state index in [9.17, 15) is 0 Å². The van der Waals surface area contributed by atoms with E-state index in [-0.39, 0.29) is 0 Å². The average molecular weight is 264 g/mol. The van der Waals surface area contributed by atoms with Gasteiger partial charge in [0, 0.05) is 0 Å². The summed E-state index contributed by atoms with van der Waals surface area (Å²) in [5, 5.41) is 0. The zero-order chi connectivity index (χ0) is 14.2. The van der Waals surface area contributed by atoms with Crippen molar-refractivity contribution in [2.24, 2.45) is 0 Å². The largest absolute Gasteiger partial charge is 0.0810 e. The van der Waals surface area contributed by atoms with E-state index in [4.69, 9.17) is 0 Å². The first-order chi connectivity index (χ1) is 9.83. The van der Waals surface area contributed by atoms with Gasteiger partial charge in [-0.1, -0.05) is 80.9 Å². The van der Waals surface area contributed by atoms with Crippen LogP contribution in [-0.2, 0) is 6.42 Å². The Hall–Kier alpha value is -1.82. The summed E-state index contributed by atoms with van der Waals surface area (Å²) < 4.78 is 0. The standard InChI is InChI=1S/C20H24/c1-3-8-19(9-4-2)20-14-12-18(13-15-20)16-17-10-6-5-7-11-17/h5-8,10-15H,3-4,9,16H2,1-2H3/b19-8+. The average Bonchev–Trinajstić information content (AvgIpc) is 2.49. The van der Waals surface area contributed by atoms with Crippen LogP contribution in [0.3, 0.4) is 0 Å². The lowest BCUT2D eigenvalue weighted by Crippen LogP contribution is -1.90. The van der Waals surface area contributed by atoms with Crippen LogP contribution in [0.4, 0.5) is 0 Å². The minimum Gasteiger partial charge on any atom is -0.0810 e. The maximum Gasteiger partial charge on any atom is -0.00258 e. The molecule has 104 valence electrons. The van der Waals surface area contributed by atoms with Crippen molar-refractivity contribution in [3.05, 3.63) is 77.4 Å². The minimum atomic E-state index is 1.02. The van der Waals surface area contributed by atoms with Gasteiger partial charge in [0.05, 0.1) is 0 Å². The molecule has 0 N–H and O–H groups in total. The third-order valence-electron chi connectivity index (χ3n) is 3.55. The van der Waals surface area contributed by atoms with Crippen LogP contribution in [0.15, 0.2) is 60.7 Å². The van der Waals surface area contributed by atoms with Crippen LogP contribution in [0.2, 0.25) is 0 Å². The fourth-order valence-corrected chi connectivity index (χ4v) is 2.55. The molecule has 0 saturated carbocycles. The van der Waals surface area contributed by atoms with E-state index < -0.39 is 0 Å². The first-order valence-electron chi connectivity index (χ1n) is 7.65. The predicted octanol–water partition coefficient (Wildman–Crippen LogP) is 5.87. The first-order valence-corrected chi connectivity index (χ1v) is 7.65. The molecule has 0 aliphatic heterocycles. The van der Waals surface area contributed by atoms with Gasteiger partial charge in [-0.15, -0.1) is 0 Å². The molecule has 0 heteroatoms. The maximum absolute atomic E-state index is 2.36. The Labute approximate surface area is 123 Å². The first kappa shape index (κ1) is 14.6. The van der Waals surface area contributed by atoms with Crippen LogP contribution in [-0.4, -0.2) is 0 Å². The smallest absolute Gasteiger partial charge is 0.00258 e. The highest BCUT2D eigenvalue weighted by molar-refractivity contribution is 5.65. The molecule has 0 atom stereocenters. The normalized spacial score (nSPS) is 11.6. The summed E-state index contributed by atoms with van der Waals surface area (Å²) in [6, 6.07) is 19.7. The second-order valence-electron chi connectivity index (χ2n) is 5.25. The Bertz CT molecular complexity index is 532. The van der Waals surface area contributed by atoms with E-state index in [0.717, 1.165) is 12.8 Å². The van der Waals surface area contributed by atoms with Gasteiger partial charge in [-0.3, -0.25) is 0 Å². The monoisotopic (exact) mass is 264 g/mol. The Morgan fingerprint density at radius 1 is 0.850 bits per heavy atom. The molecule has 2 rings (SSSR count). The molecule has 2 aromatic rings. The van der Waals surface area contributed by atoms with Crippen molar-refractivity contribution in [3.63, 3.8) is 0 Å². The van der Waals surface area contributed by atoms with E-state index in [1.54, 1.807) is 0 Å². The highest BCUT2D eigenvalue weighted by Crippen LogP contribution is 2.21. The van der Waals surface area contributed by atoms with Crippen molar-refractivity contribution in [3.8, 4) is 0 Å². The van der Waals surface area contributed by atoms with Crippen LogP contribution in [0.1, 0.15) is 49.8 Å². The van der Waals surface area contributed by atoms with Gasteiger partial charge in [-0.25, -0.2) is 0 Å². The topological polar surface area (TPSA) is 0 Å². The molecular weight excluding hydrogens is 240 g/mol. The van der Waals surface area contributed by atoms with Gasteiger partial charge in [0.25, 0.3) is 0 Å². The molecule has 0 fully saturated rings. The molecule has 0 saturated heterocycles. The van der Waals surface area contributed by atoms with Gasteiger partial charge < -0.3 is 0 Å². The van der Waals surface area contributed by atoms with E-state index in [0.29, 0.717) is 0 Å². The molecule has 0 unspecified atom stereocenters. The molecule has 0 aromatic heterocycles. The van der Waals surface area contributed by atoms with Crippen molar-refractivity contribution < 1.29 is 0 Å². The van der Waals surface area contributed by atoms with Crippen LogP contribution in [0.5, 0.6) is 0 Å². The van der Waals surface area contributed by atoms with Crippen molar-refractivity contribution in [1.82, 2.24) is 0 Å². The van der Waals surface area contributed by atoms with E-state index >= 15 is 0 Å². The van der Waals surface area contributed by atoms with E-state index in [2.05, 4.69) is 74.5 Å². The third-order valence-corrected chi connectivity index (χ3v) is 3.55. The lowest BCUT2D eigenvalue weighted by molar-refractivity contribution is 0.967. The SMILES string of the molecule is CC/C=C(\CCC)c1ccc(Cc2ccccc2)cc1. The molecule has 0 aliphatic carbocycles. The van der Waals surface area contributed by atoms with Crippen molar-refractivity contribution in [2.75, 3.05) is 0 Å². The number of benzene rings is 2. The molecule has 20 heavy (non-hydrogen) atoms. The maximum atomic E-state index is 2.36. The Morgan fingerprint density at radius 2 is 1.50 bits per heavy atom. The number of rotatable bonds is 6. The number of hydrogen-bond acceptors (Lipinski definition) is 0. The summed E-state index contributed by atoms with van der Waals surface area (Å²) in [5.41, 5.74) is 5.62. The fraction of sp³-hybridized carbons (Fsp3) is 0.300. The summed E-state index contributed by atoms with van der Waals surface area (Å²) in [7, 11) is 0.